The second-order valence-electron chi connectivity index (χ2n) is 3.56. The first-order valence-corrected chi connectivity index (χ1v) is 4.03. The van der Waals surface area contributed by atoms with Crippen LogP contribution in [-0.4, -0.2) is 6.54 Å². The molecule has 1 aliphatic heterocycles. The summed E-state index contributed by atoms with van der Waals surface area (Å²) in [5, 5.41) is 3.35. The third-order valence-corrected chi connectivity index (χ3v) is 2.36. The quantitative estimate of drug-likeness (QED) is 0.601. The summed E-state index contributed by atoms with van der Waals surface area (Å²) in [5.74, 6) is 0. The summed E-state index contributed by atoms with van der Waals surface area (Å²) in [6, 6.07) is 8.69. The SMILES string of the molecule is Cc1cccc(C2(C)CN2)c1. The topological polar surface area (TPSA) is 21.9 Å². The molecule has 1 aromatic rings. The minimum Gasteiger partial charge on any atom is -0.304 e. The molecule has 1 nitrogen and oxygen atoms in total. The minimum atomic E-state index is 0.284. The van der Waals surface area contributed by atoms with E-state index in [1.807, 2.05) is 0 Å². The van der Waals surface area contributed by atoms with Gasteiger partial charge in [-0.05, 0) is 19.4 Å². The lowest BCUT2D eigenvalue weighted by molar-refractivity contribution is 0.763. The van der Waals surface area contributed by atoms with E-state index in [2.05, 4.69) is 43.4 Å². The second kappa shape index (κ2) is 2.08. The molecule has 1 N–H and O–H groups in total. The van der Waals surface area contributed by atoms with Gasteiger partial charge in [-0.15, -0.1) is 0 Å². The van der Waals surface area contributed by atoms with E-state index in [0.717, 1.165) is 6.54 Å². The highest BCUT2D eigenvalue weighted by Crippen LogP contribution is 2.29. The first kappa shape index (κ1) is 6.86. The maximum Gasteiger partial charge on any atom is 0.0533 e. The summed E-state index contributed by atoms with van der Waals surface area (Å²) in [5.41, 5.74) is 3.04. The van der Waals surface area contributed by atoms with Crippen molar-refractivity contribution in [3.63, 3.8) is 0 Å². The molecule has 1 unspecified atom stereocenters. The smallest absolute Gasteiger partial charge is 0.0533 e. The van der Waals surface area contributed by atoms with Gasteiger partial charge in [-0.25, -0.2) is 0 Å². The highest BCUT2D eigenvalue weighted by atomic mass is 15.1. The summed E-state index contributed by atoms with van der Waals surface area (Å²) in [6.45, 7) is 5.49. The lowest BCUT2D eigenvalue weighted by Crippen LogP contribution is -2.06. The number of rotatable bonds is 1. The lowest BCUT2D eigenvalue weighted by Gasteiger charge is -2.06. The molecule has 0 amide bonds. The first-order chi connectivity index (χ1) is 5.21. The van der Waals surface area contributed by atoms with Crippen LogP contribution >= 0.6 is 0 Å². The third-order valence-electron chi connectivity index (χ3n) is 2.36. The summed E-state index contributed by atoms with van der Waals surface area (Å²) in [7, 11) is 0. The Balaban J connectivity index is 2.38. The van der Waals surface area contributed by atoms with Crippen molar-refractivity contribution in [3.8, 4) is 0 Å². The van der Waals surface area contributed by atoms with Crippen LogP contribution in [0.5, 0.6) is 0 Å². The van der Waals surface area contributed by atoms with Gasteiger partial charge < -0.3 is 5.32 Å². The molecule has 1 fully saturated rings. The van der Waals surface area contributed by atoms with Crippen LogP contribution < -0.4 is 5.32 Å². The molecule has 1 heterocycles. The summed E-state index contributed by atoms with van der Waals surface area (Å²) in [6.07, 6.45) is 0. The Morgan fingerprint density at radius 2 is 2.18 bits per heavy atom. The molecule has 1 aromatic carbocycles. The van der Waals surface area contributed by atoms with Crippen molar-refractivity contribution in [2.45, 2.75) is 19.4 Å². The van der Waals surface area contributed by atoms with Crippen molar-refractivity contribution in [1.29, 1.82) is 0 Å². The van der Waals surface area contributed by atoms with E-state index in [1.54, 1.807) is 0 Å². The van der Waals surface area contributed by atoms with Crippen LogP contribution in [0.2, 0.25) is 0 Å². The molecule has 1 atom stereocenters. The van der Waals surface area contributed by atoms with Crippen LogP contribution in [0, 0.1) is 6.92 Å². The Morgan fingerprint density at radius 1 is 1.45 bits per heavy atom. The fourth-order valence-electron chi connectivity index (χ4n) is 1.32. The van der Waals surface area contributed by atoms with Crippen molar-refractivity contribution in [1.82, 2.24) is 5.32 Å². The maximum atomic E-state index is 3.35. The zero-order valence-corrected chi connectivity index (χ0v) is 7.02. The number of hydrogen-bond acceptors (Lipinski definition) is 1. The molecular weight excluding hydrogens is 134 g/mol. The number of nitrogens with one attached hydrogen (secondary N) is 1. The Labute approximate surface area is 67.4 Å². The van der Waals surface area contributed by atoms with Gasteiger partial charge >= 0.3 is 0 Å². The zero-order chi connectivity index (χ0) is 7.90. The van der Waals surface area contributed by atoms with Gasteiger partial charge in [0.05, 0.1) is 5.54 Å². The van der Waals surface area contributed by atoms with Crippen molar-refractivity contribution in [2.75, 3.05) is 6.54 Å². The van der Waals surface area contributed by atoms with Gasteiger partial charge in [0.2, 0.25) is 0 Å². The van der Waals surface area contributed by atoms with Crippen molar-refractivity contribution in [2.24, 2.45) is 0 Å². The highest BCUT2D eigenvalue weighted by molar-refractivity contribution is 5.32. The van der Waals surface area contributed by atoms with Crippen LogP contribution in [-0.2, 0) is 5.54 Å². The summed E-state index contributed by atoms with van der Waals surface area (Å²) >= 11 is 0. The van der Waals surface area contributed by atoms with Gasteiger partial charge in [-0.1, -0.05) is 29.8 Å². The Hall–Kier alpha value is -0.820. The fraction of sp³-hybridized carbons (Fsp3) is 0.400. The maximum absolute atomic E-state index is 3.35. The van der Waals surface area contributed by atoms with Crippen molar-refractivity contribution >= 4 is 0 Å². The Kier molecular flexibility index (Phi) is 1.30. The zero-order valence-electron chi connectivity index (χ0n) is 7.02. The average Bonchev–Trinajstić information content (AvgIpc) is 2.70. The van der Waals surface area contributed by atoms with E-state index >= 15 is 0 Å². The lowest BCUT2D eigenvalue weighted by atomic mass is 10.00. The van der Waals surface area contributed by atoms with Gasteiger partial charge in [-0.2, -0.15) is 0 Å². The van der Waals surface area contributed by atoms with E-state index in [-0.39, 0.29) is 5.54 Å². The molecule has 1 saturated heterocycles. The summed E-state index contributed by atoms with van der Waals surface area (Å²) in [4.78, 5) is 0. The normalized spacial score (nSPS) is 28.5. The minimum absolute atomic E-state index is 0.284. The Morgan fingerprint density at radius 3 is 2.73 bits per heavy atom. The van der Waals surface area contributed by atoms with Gasteiger partial charge in [-0.3, -0.25) is 0 Å². The molecule has 2 rings (SSSR count). The molecule has 0 spiro atoms. The fourth-order valence-corrected chi connectivity index (χ4v) is 1.32. The van der Waals surface area contributed by atoms with Crippen LogP contribution in [0.4, 0.5) is 0 Å². The standard InChI is InChI=1S/C10H13N/c1-8-4-3-5-9(6-8)10(2)7-11-10/h3-6,11H,7H2,1-2H3. The number of hydrogen-bond donors (Lipinski definition) is 1. The van der Waals surface area contributed by atoms with Gasteiger partial charge in [0.1, 0.15) is 0 Å². The summed E-state index contributed by atoms with van der Waals surface area (Å²) < 4.78 is 0. The highest BCUT2D eigenvalue weighted by Gasteiger charge is 2.37. The van der Waals surface area contributed by atoms with E-state index in [0.29, 0.717) is 0 Å². The second-order valence-corrected chi connectivity index (χ2v) is 3.56. The largest absolute Gasteiger partial charge is 0.304 e. The molecule has 0 saturated carbocycles. The predicted molar refractivity (Wildman–Crippen MR) is 46.5 cm³/mol. The Bertz CT molecular complexity index is 274. The van der Waals surface area contributed by atoms with Crippen molar-refractivity contribution in [3.05, 3.63) is 35.4 Å². The van der Waals surface area contributed by atoms with Crippen molar-refractivity contribution < 1.29 is 0 Å². The monoisotopic (exact) mass is 147 g/mol. The van der Waals surface area contributed by atoms with E-state index < -0.39 is 0 Å². The van der Waals surface area contributed by atoms with E-state index in [9.17, 15) is 0 Å². The average molecular weight is 147 g/mol. The molecule has 1 aliphatic rings. The molecule has 0 bridgehead atoms. The molecular formula is C10H13N. The van der Waals surface area contributed by atoms with Gasteiger partial charge in [0.15, 0.2) is 0 Å². The molecule has 0 radical (unpaired) electrons. The van der Waals surface area contributed by atoms with Crippen LogP contribution in [0.1, 0.15) is 18.1 Å². The number of aryl methyl sites for hydroxylation is 1. The molecule has 11 heavy (non-hydrogen) atoms. The van der Waals surface area contributed by atoms with E-state index in [4.69, 9.17) is 0 Å². The van der Waals surface area contributed by atoms with Crippen LogP contribution in [0.15, 0.2) is 24.3 Å². The predicted octanol–water partition coefficient (Wildman–Crippen LogP) is 1.81. The molecule has 0 aromatic heterocycles. The van der Waals surface area contributed by atoms with Crippen LogP contribution in [0.25, 0.3) is 0 Å². The molecule has 0 aliphatic carbocycles. The molecule has 58 valence electrons. The van der Waals surface area contributed by atoms with Gasteiger partial charge in [0, 0.05) is 6.54 Å². The van der Waals surface area contributed by atoms with E-state index in [1.165, 1.54) is 11.1 Å². The molecule has 1 heteroatoms. The van der Waals surface area contributed by atoms with Crippen LogP contribution in [0.3, 0.4) is 0 Å². The third kappa shape index (κ3) is 1.16. The van der Waals surface area contributed by atoms with Gasteiger partial charge in [0.25, 0.3) is 0 Å². The first-order valence-electron chi connectivity index (χ1n) is 4.03. The number of benzene rings is 1.